The Morgan fingerprint density at radius 2 is 1.18 bits per heavy atom. The van der Waals surface area contributed by atoms with Gasteiger partial charge in [0.15, 0.2) is 5.78 Å². The van der Waals surface area contributed by atoms with Crippen LogP contribution in [0.4, 0.5) is 5.69 Å². The molecular weight excluding hydrogens is 274 g/mol. The third-order valence-electron chi connectivity index (χ3n) is 3.27. The van der Waals surface area contributed by atoms with Crippen LogP contribution in [-0.4, -0.2) is 5.78 Å². The van der Waals surface area contributed by atoms with E-state index in [2.05, 4.69) is 0 Å². The number of rotatable bonds is 4. The van der Waals surface area contributed by atoms with Crippen LogP contribution in [0.2, 0.25) is 0 Å². The molecule has 22 heavy (non-hydrogen) atoms. The SMILES string of the molecule is Nc1ccc(Oc2ccc(C(=O)c3ccccc3)cc2)cc1. The lowest BCUT2D eigenvalue weighted by atomic mass is 10.0. The average Bonchev–Trinajstić information content (AvgIpc) is 2.58. The lowest BCUT2D eigenvalue weighted by Crippen LogP contribution is -2.00. The molecule has 0 heterocycles. The zero-order chi connectivity index (χ0) is 15.4. The molecule has 0 aliphatic heterocycles. The quantitative estimate of drug-likeness (QED) is 0.575. The predicted octanol–water partition coefficient (Wildman–Crippen LogP) is 4.29. The van der Waals surface area contributed by atoms with Crippen LogP contribution in [0.25, 0.3) is 0 Å². The molecular formula is C19H15NO2. The topological polar surface area (TPSA) is 52.3 Å². The Morgan fingerprint density at radius 3 is 1.77 bits per heavy atom. The second-order valence-electron chi connectivity index (χ2n) is 4.89. The highest BCUT2D eigenvalue weighted by molar-refractivity contribution is 6.08. The first-order chi connectivity index (χ1) is 10.7. The molecule has 0 aromatic heterocycles. The first-order valence-corrected chi connectivity index (χ1v) is 6.95. The number of nitrogens with two attached hydrogens (primary N) is 1. The van der Waals surface area contributed by atoms with E-state index in [0.717, 1.165) is 0 Å². The monoisotopic (exact) mass is 289 g/mol. The Bertz CT molecular complexity index is 763. The molecule has 2 N–H and O–H groups in total. The van der Waals surface area contributed by atoms with E-state index >= 15 is 0 Å². The lowest BCUT2D eigenvalue weighted by molar-refractivity contribution is 0.103. The van der Waals surface area contributed by atoms with Crippen molar-refractivity contribution in [3.05, 3.63) is 90.0 Å². The maximum absolute atomic E-state index is 12.3. The van der Waals surface area contributed by atoms with Gasteiger partial charge in [0.1, 0.15) is 11.5 Å². The first-order valence-electron chi connectivity index (χ1n) is 6.95. The fourth-order valence-electron chi connectivity index (χ4n) is 2.10. The van der Waals surface area contributed by atoms with E-state index in [1.165, 1.54) is 0 Å². The van der Waals surface area contributed by atoms with E-state index in [0.29, 0.717) is 28.3 Å². The molecule has 108 valence electrons. The summed E-state index contributed by atoms with van der Waals surface area (Å²) in [6.45, 7) is 0. The maximum atomic E-state index is 12.3. The minimum absolute atomic E-state index is 0.000338. The van der Waals surface area contributed by atoms with E-state index < -0.39 is 0 Å². The molecule has 3 heteroatoms. The number of ether oxygens (including phenoxy) is 1. The number of benzene rings is 3. The zero-order valence-corrected chi connectivity index (χ0v) is 11.9. The van der Waals surface area contributed by atoms with Crippen molar-refractivity contribution in [1.29, 1.82) is 0 Å². The Hall–Kier alpha value is -3.07. The van der Waals surface area contributed by atoms with Gasteiger partial charge in [0.25, 0.3) is 0 Å². The Morgan fingerprint density at radius 1 is 0.682 bits per heavy atom. The summed E-state index contributed by atoms with van der Waals surface area (Å²) in [5.74, 6) is 1.38. The Balaban J connectivity index is 1.75. The second kappa shape index (κ2) is 6.14. The van der Waals surface area contributed by atoms with Crippen LogP contribution in [0, 0.1) is 0 Å². The minimum Gasteiger partial charge on any atom is -0.457 e. The van der Waals surface area contributed by atoms with Gasteiger partial charge in [-0.3, -0.25) is 4.79 Å². The van der Waals surface area contributed by atoms with Crippen LogP contribution in [-0.2, 0) is 0 Å². The largest absolute Gasteiger partial charge is 0.457 e. The number of nitrogen functional groups attached to an aromatic ring is 1. The summed E-state index contributed by atoms with van der Waals surface area (Å²) < 4.78 is 5.71. The molecule has 0 amide bonds. The molecule has 0 saturated heterocycles. The molecule has 3 nitrogen and oxygen atoms in total. The van der Waals surface area contributed by atoms with Gasteiger partial charge in [0.05, 0.1) is 0 Å². The number of ketones is 1. The van der Waals surface area contributed by atoms with Gasteiger partial charge in [0, 0.05) is 16.8 Å². The third-order valence-corrected chi connectivity index (χ3v) is 3.27. The van der Waals surface area contributed by atoms with Crippen LogP contribution in [0.3, 0.4) is 0 Å². The van der Waals surface area contributed by atoms with Gasteiger partial charge in [-0.05, 0) is 48.5 Å². The molecule has 0 bridgehead atoms. The maximum Gasteiger partial charge on any atom is 0.193 e. The predicted molar refractivity (Wildman–Crippen MR) is 87.2 cm³/mol. The van der Waals surface area contributed by atoms with Crippen molar-refractivity contribution in [2.45, 2.75) is 0 Å². The van der Waals surface area contributed by atoms with Crippen molar-refractivity contribution < 1.29 is 9.53 Å². The molecule has 0 saturated carbocycles. The van der Waals surface area contributed by atoms with Crippen molar-refractivity contribution >= 4 is 11.5 Å². The molecule has 3 aromatic carbocycles. The molecule has 3 aromatic rings. The summed E-state index contributed by atoms with van der Waals surface area (Å²) in [5, 5.41) is 0. The number of carbonyl (C=O) groups is 1. The second-order valence-corrected chi connectivity index (χ2v) is 4.89. The molecule has 0 atom stereocenters. The molecule has 0 unspecified atom stereocenters. The normalized spacial score (nSPS) is 10.2. The minimum atomic E-state index is -0.000338. The molecule has 3 rings (SSSR count). The van der Waals surface area contributed by atoms with Gasteiger partial charge in [-0.25, -0.2) is 0 Å². The zero-order valence-electron chi connectivity index (χ0n) is 11.9. The summed E-state index contributed by atoms with van der Waals surface area (Å²) in [6.07, 6.45) is 0. The summed E-state index contributed by atoms with van der Waals surface area (Å²) >= 11 is 0. The Labute approximate surface area is 129 Å². The fraction of sp³-hybridized carbons (Fsp3) is 0. The third kappa shape index (κ3) is 3.15. The van der Waals surface area contributed by atoms with E-state index in [9.17, 15) is 4.79 Å². The highest BCUT2D eigenvalue weighted by Gasteiger charge is 2.08. The summed E-state index contributed by atoms with van der Waals surface area (Å²) in [4.78, 5) is 12.3. The number of hydrogen-bond donors (Lipinski definition) is 1. The van der Waals surface area contributed by atoms with Gasteiger partial charge < -0.3 is 10.5 Å². The standard InChI is InChI=1S/C19H15NO2/c20-16-8-12-18(13-9-16)22-17-10-6-15(7-11-17)19(21)14-4-2-1-3-5-14/h1-13H,20H2. The van der Waals surface area contributed by atoms with Crippen molar-refractivity contribution in [3.63, 3.8) is 0 Å². The van der Waals surface area contributed by atoms with Crippen LogP contribution < -0.4 is 10.5 Å². The average molecular weight is 289 g/mol. The number of hydrogen-bond acceptors (Lipinski definition) is 3. The van der Waals surface area contributed by atoms with Crippen molar-refractivity contribution in [1.82, 2.24) is 0 Å². The van der Waals surface area contributed by atoms with Crippen molar-refractivity contribution in [2.75, 3.05) is 5.73 Å². The van der Waals surface area contributed by atoms with Gasteiger partial charge in [-0.15, -0.1) is 0 Å². The van der Waals surface area contributed by atoms with Gasteiger partial charge >= 0.3 is 0 Å². The van der Waals surface area contributed by atoms with Crippen molar-refractivity contribution in [3.8, 4) is 11.5 Å². The van der Waals surface area contributed by atoms with Crippen LogP contribution in [0.5, 0.6) is 11.5 Å². The Kier molecular flexibility index (Phi) is 3.88. The lowest BCUT2D eigenvalue weighted by Gasteiger charge is -2.07. The summed E-state index contributed by atoms with van der Waals surface area (Å²) in [6, 6.07) is 23.5. The smallest absolute Gasteiger partial charge is 0.193 e. The fourth-order valence-corrected chi connectivity index (χ4v) is 2.10. The molecule has 0 fully saturated rings. The van der Waals surface area contributed by atoms with Gasteiger partial charge in [-0.1, -0.05) is 30.3 Å². The summed E-state index contributed by atoms with van der Waals surface area (Å²) in [5.41, 5.74) is 7.64. The van der Waals surface area contributed by atoms with Crippen LogP contribution >= 0.6 is 0 Å². The molecule has 0 spiro atoms. The van der Waals surface area contributed by atoms with Crippen molar-refractivity contribution in [2.24, 2.45) is 0 Å². The van der Waals surface area contributed by atoms with E-state index in [1.807, 2.05) is 18.2 Å². The van der Waals surface area contributed by atoms with E-state index in [1.54, 1.807) is 60.7 Å². The number of carbonyl (C=O) groups excluding carboxylic acids is 1. The first kappa shape index (κ1) is 13.9. The summed E-state index contributed by atoms with van der Waals surface area (Å²) in [7, 11) is 0. The molecule has 0 aliphatic carbocycles. The highest BCUT2D eigenvalue weighted by Crippen LogP contribution is 2.23. The van der Waals surface area contributed by atoms with Gasteiger partial charge in [0.2, 0.25) is 0 Å². The van der Waals surface area contributed by atoms with Crippen LogP contribution in [0.1, 0.15) is 15.9 Å². The van der Waals surface area contributed by atoms with Crippen LogP contribution in [0.15, 0.2) is 78.9 Å². The molecule has 0 aliphatic rings. The molecule has 0 radical (unpaired) electrons. The van der Waals surface area contributed by atoms with E-state index in [4.69, 9.17) is 10.5 Å². The van der Waals surface area contributed by atoms with E-state index in [-0.39, 0.29) is 5.78 Å². The highest BCUT2D eigenvalue weighted by atomic mass is 16.5. The van der Waals surface area contributed by atoms with Gasteiger partial charge in [-0.2, -0.15) is 0 Å². The number of anilines is 1.